The molecule has 2 rings (SSSR count). The van der Waals surface area contributed by atoms with Crippen molar-refractivity contribution < 1.29 is 4.39 Å². The van der Waals surface area contributed by atoms with Gasteiger partial charge in [0.1, 0.15) is 11.3 Å². The quantitative estimate of drug-likeness (QED) is 0.754. The maximum absolute atomic E-state index is 13.3. The van der Waals surface area contributed by atoms with Crippen molar-refractivity contribution in [2.75, 3.05) is 0 Å². The summed E-state index contributed by atoms with van der Waals surface area (Å²) in [6.07, 6.45) is 0.984. The third-order valence-electron chi connectivity index (χ3n) is 2.21. The lowest BCUT2D eigenvalue weighted by molar-refractivity contribution is 0.637. The Hall–Kier alpha value is -1.16. The Morgan fingerprint density at radius 3 is 3.00 bits per heavy atom. The average Bonchev–Trinajstić information content (AvgIpc) is 2.47. The van der Waals surface area contributed by atoms with E-state index in [0.29, 0.717) is 10.3 Å². The number of H-pyrrole nitrogens is 1. The standard InChI is InChI=1S/C10H11FN2S/c1-2-6-13-8-5-3-4-7(11)9(8)12-10(13)14/h3-5H,2,6H2,1H3,(H,12,14). The Kier molecular flexibility index (Phi) is 2.37. The molecule has 74 valence electrons. The maximum Gasteiger partial charge on any atom is 0.178 e. The van der Waals surface area contributed by atoms with Crippen LogP contribution in [0.3, 0.4) is 0 Å². The molecule has 1 N–H and O–H groups in total. The summed E-state index contributed by atoms with van der Waals surface area (Å²) in [5, 5.41) is 0. The molecule has 0 aliphatic heterocycles. The molecule has 0 fully saturated rings. The van der Waals surface area contributed by atoms with Crippen LogP contribution in [0.4, 0.5) is 4.39 Å². The third-order valence-corrected chi connectivity index (χ3v) is 2.53. The molecule has 2 aromatic rings. The molecule has 1 aromatic heterocycles. The number of aromatic nitrogens is 2. The Bertz CT molecular complexity index is 512. The van der Waals surface area contributed by atoms with Crippen LogP contribution in [0, 0.1) is 10.6 Å². The van der Waals surface area contributed by atoms with E-state index in [2.05, 4.69) is 11.9 Å². The molecule has 0 amide bonds. The van der Waals surface area contributed by atoms with E-state index in [0.717, 1.165) is 18.5 Å². The van der Waals surface area contributed by atoms with E-state index >= 15 is 0 Å². The zero-order chi connectivity index (χ0) is 10.1. The van der Waals surface area contributed by atoms with Crippen molar-refractivity contribution >= 4 is 23.3 Å². The summed E-state index contributed by atoms with van der Waals surface area (Å²) in [6, 6.07) is 5.01. The minimum atomic E-state index is -0.247. The highest BCUT2D eigenvalue weighted by atomic mass is 32.1. The van der Waals surface area contributed by atoms with Gasteiger partial charge in [-0.2, -0.15) is 0 Å². The Balaban J connectivity index is 2.77. The molecule has 1 aromatic carbocycles. The summed E-state index contributed by atoms with van der Waals surface area (Å²) < 4.78 is 15.8. The number of hydrogen-bond acceptors (Lipinski definition) is 1. The first-order chi connectivity index (χ1) is 6.74. The minimum Gasteiger partial charge on any atom is -0.328 e. The number of hydrogen-bond donors (Lipinski definition) is 1. The normalized spacial score (nSPS) is 11.0. The van der Waals surface area contributed by atoms with E-state index in [9.17, 15) is 4.39 Å². The zero-order valence-corrected chi connectivity index (χ0v) is 8.70. The van der Waals surface area contributed by atoms with Crippen molar-refractivity contribution in [3.8, 4) is 0 Å². The lowest BCUT2D eigenvalue weighted by atomic mass is 10.3. The van der Waals surface area contributed by atoms with Crippen molar-refractivity contribution in [3.05, 3.63) is 28.8 Å². The van der Waals surface area contributed by atoms with Crippen LogP contribution in [0.25, 0.3) is 11.0 Å². The van der Waals surface area contributed by atoms with Crippen molar-refractivity contribution in [1.29, 1.82) is 0 Å². The highest BCUT2D eigenvalue weighted by molar-refractivity contribution is 7.71. The summed E-state index contributed by atoms with van der Waals surface area (Å²) in [4.78, 5) is 2.88. The molecule has 0 atom stereocenters. The van der Waals surface area contributed by atoms with Gasteiger partial charge >= 0.3 is 0 Å². The van der Waals surface area contributed by atoms with Crippen molar-refractivity contribution in [2.45, 2.75) is 19.9 Å². The van der Waals surface area contributed by atoms with Crippen LogP contribution in [-0.2, 0) is 6.54 Å². The Labute approximate surface area is 86.4 Å². The van der Waals surface area contributed by atoms with Gasteiger partial charge in [0.2, 0.25) is 0 Å². The number of benzene rings is 1. The predicted molar refractivity (Wildman–Crippen MR) is 57.4 cm³/mol. The number of para-hydroxylation sites is 1. The van der Waals surface area contributed by atoms with Crippen LogP contribution in [0.2, 0.25) is 0 Å². The summed E-state index contributed by atoms with van der Waals surface area (Å²) in [5.41, 5.74) is 1.35. The molecule has 1 heterocycles. The van der Waals surface area contributed by atoms with Gasteiger partial charge in [0, 0.05) is 6.54 Å². The molecule has 0 aliphatic rings. The maximum atomic E-state index is 13.3. The number of fused-ring (bicyclic) bond motifs is 1. The fourth-order valence-electron chi connectivity index (χ4n) is 1.59. The van der Waals surface area contributed by atoms with Crippen LogP contribution < -0.4 is 0 Å². The van der Waals surface area contributed by atoms with Gasteiger partial charge in [-0.15, -0.1) is 0 Å². The van der Waals surface area contributed by atoms with Gasteiger partial charge in [-0.3, -0.25) is 0 Å². The van der Waals surface area contributed by atoms with Crippen molar-refractivity contribution in [3.63, 3.8) is 0 Å². The number of aryl methyl sites for hydroxylation is 1. The van der Waals surface area contributed by atoms with E-state index in [1.54, 1.807) is 6.07 Å². The SMILES string of the molecule is CCCn1c(=S)[nH]c2c(F)cccc21. The Morgan fingerprint density at radius 1 is 1.50 bits per heavy atom. The second-order valence-corrected chi connectivity index (χ2v) is 3.60. The number of nitrogens with one attached hydrogen (secondary N) is 1. The van der Waals surface area contributed by atoms with E-state index in [1.165, 1.54) is 6.07 Å². The Morgan fingerprint density at radius 2 is 2.29 bits per heavy atom. The van der Waals surface area contributed by atoms with Gasteiger partial charge in [-0.25, -0.2) is 4.39 Å². The summed E-state index contributed by atoms with van der Waals surface area (Å²) in [6.45, 7) is 2.89. The molecule has 2 nitrogen and oxygen atoms in total. The minimum absolute atomic E-state index is 0.247. The van der Waals surface area contributed by atoms with Crippen LogP contribution in [0.1, 0.15) is 13.3 Å². The molecular formula is C10H11FN2S. The van der Waals surface area contributed by atoms with Crippen LogP contribution >= 0.6 is 12.2 Å². The van der Waals surface area contributed by atoms with Crippen LogP contribution in [-0.4, -0.2) is 9.55 Å². The monoisotopic (exact) mass is 210 g/mol. The fourth-order valence-corrected chi connectivity index (χ4v) is 1.88. The predicted octanol–water partition coefficient (Wildman–Crippen LogP) is 3.25. The molecule has 0 bridgehead atoms. The molecule has 14 heavy (non-hydrogen) atoms. The first kappa shape index (κ1) is 9.40. The zero-order valence-electron chi connectivity index (χ0n) is 7.88. The first-order valence-corrected chi connectivity index (χ1v) is 5.02. The number of nitrogens with zero attached hydrogens (tertiary/aromatic N) is 1. The lowest BCUT2D eigenvalue weighted by Crippen LogP contribution is -1.95. The van der Waals surface area contributed by atoms with E-state index < -0.39 is 0 Å². The number of rotatable bonds is 2. The second kappa shape index (κ2) is 3.53. The number of imidazole rings is 1. The molecule has 0 spiro atoms. The summed E-state index contributed by atoms with van der Waals surface area (Å²) in [5.74, 6) is -0.247. The van der Waals surface area contributed by atoms with Gasteiger partial charge in [-0.1, -0.05) is 13.0 Å². The average molecular weight is 210 g/mol. The van der Waals surface area contributed by atoms with E-state index in [1.807, 2.05) is 10.6 Å². The molecular weight excluding hydrogens is 199 g/mol. The highest BCUT2D eigenvalue weighted by Crippen LogP contribution is 2.17. The molecule has 0 unspecified atom stereocenters. The van der Waals surface area contributed by atoms with E-state index in [-0.39, 0.29) is 5.82 Å². The third kappa shape index (κ3) is 1.35. The lowest BCUT2D eigenvalue weighted by Gasteiger charge is -2.00. The van der Waals surface area contributed by atoms with Gasteiger partial charge in [0.05, 0.1) is 5.52 Å². The first-order valence-electron chi connectivity index (χ1n) is 4.61. The molecule has 0 radical (unpaired) electrons. The van der Waals surface area contributed by atoms with Gasteiger partial charge in [0.25, 0.3) is 0 Å². The molecule has 0 saturated carbocycles. The number of halogens is 1. The van der Waals surface area contributed by atoms with Crippen molar-refractivity contribution in [1.82, 2.24) is 9.55 Å². The fraction of sp³-hybridized carbons (Fsp3) is 0.300. The van der Waals surface area contributed by atoms with Crippen LogP contribution in [0.5, 0.6) is 0 Å². The van der Waals surface area contributed by atoms with Gasteiger partial charge < -0.3 is 9.55 Å². The van der Waals surface area contributed by atoms with Crippen molar-refractivity contribution in [2.24, 2.45) is 0 Å². The van der Waals surface area contributed by atoms with E-state index in [4.69, 9.17) is 12.2 Å². The molecule has 0 aliphatic carbocycles. The summed E-state index contributed by atoms with van der Waals surface area (Å²) >= 11 is 5.12. The van der Waals surface area contributed by atoms with Gasteiger partial charge in [0.15, 0.2) is 4.77 Å². The topological polar surface area (TPSA) is 20.7 Å². The molecule has 4 heteroatoms. The smallest absolute Gasteiger partial charge is 0.178 e. The van der Waals surface area contributed by atoms with Gasteiger partial charge in [-0.05, 0) is 30.8 Å². The highest BCUT2D eigenvalue weighted by Gasteiger charge is 2.06. The largest absolute Gasteiger partial charge is 0.328 e. The van der Waals surface area contributed by atoms with Crippen LogP contribution in [0.15, 0.2) is 18.2 Å². The second-order valence-electron chi connectivity index (χ2n) is 3.22. The molecule has 0 saturated heterocycles. The summed E-state index contributed by atoms with van der Waals surface area (Å²) in [7, 11) is 0. The number of aromatic amines is 1.